The Balaban J connectivity index is 1.89. The summed E-state index contributed by atoms with van der Waals surface area (Å²) in [6, 6.07) is 13.1. The van der Waals surface area contributed by atoms with Crippen molar-refractivity contribution < 1.29 is 12.8 Å². The molecule has 0 saturated heterocycles. The van der Waals surface area contributed by atoms with Gasteiger partial charge in [-0.3, -0.25) is 0 Å². The Labute approximate surface area is 159 Å². The van der Waals surface area contributed by atoms with Crippen LogP contribution in [0.5, 0.6) is 0 Å². The zero-order valence-electron chi connectivity index (χ0n) is 15.5. The fraction of sp³-hybridized carbons (Fsp3) is 0.350. The number of halogens is 1. The zero-order chi connectivity index (χ0) is 19.4. The lowest BCUT2D eigenvalue weighted by Crippen LogP contribution is -2.33. The van der Waals surface area contributed by atoms with E-state index in [4.69, 9.17) is 0 Å². The number of benzene rings is 2. The molecule has 0 aliphatic heterocycles. The van der Waals surface area contributed by atoms with Gasteiger partial charge in [-0.2, -0.15) is 0 Å². The molecule has 0 saturated carbocycles. The molecule has 5 nitrogen and oxygen atoms in total. The van der Waals surface area contributed by atoms with Crippen molar-refractivity contribution in [1.82, 2.24) is 14.3 Å². The lowest BCUT2D eigenvalue weighted by atomic mass is 10.1. The molecule has 1 atom stereocenters. The van der Waals surface area contributed by atoms with Gasteiger partial charge >= 0.3 is 0 Å². The van der Waals surface area contributed by atoms with Crippen LogP contribution in [-0.4, -0.2) is 23.7 Å². The van der Waals surface area contributed by atoms with Crippen LogP contribution in [0.25, 0.3) is 11.0 Å². The van der Waals surface area contributed by atoms with Gasteiger partial charge in [-0.25, -0.2) is 22.5 Å². The number of rotatable bonds is 8. The molecule has 2 aromatic carbocycles. The molecule has 7 heteroatoms. The molecule has 0 amide bonds. The van der Waals surface area contributed by atoms with Crippen molar-refractivity contribution in [1.29, 1.82) is 0 Å². The molecule has 0 aliphatic carbocycles. The topological polar surface area (TPSA) is 64.0 Å². The average molecular weight is 389 g/mol. The lowest BCUT2D eigenvalue weighted by Gasteiger charge is -2.21. The smallest absolute Gasteiger partial charge is 0.212 e. The summed E-state index contributed by atoms with van der Waals surface area (Å²) in [4.78, 5) is 4.36. The highest BCUT2D eigenvalue weighted by atomic mass is 32.2. The maximum Gasteiger partial charge on any atom is 0.212 e. The minimum atomic E-state index is -3.47. The van der Waals surface area contributed by atoms with Crippen LogP contribution in [-0.2, 0) is 16.6 Å². The molecule has 1 unspecified atom stereocenters. The van der Waals surface area contributed by atoms with Crippen molar-refractivity contribution >= 4 is 21.1 Å². The van der Waals surface area contributed by atoms with E-state index in [-0.39, 0.29) is 11.6 Å². The highest BCUT2D eigenvalue weighted by molar-refractivity contribution is 7.89. The number of hydrogen-bond donors (Lipinski definition) is 1. The summed E-state index contributed by atoms with van der Waals surface area (Å²) in [7, 11) is -3.47. The van der Waals surface area contributed by atoms with Crippen molar-refractivity contribution in [2.24, 2.45) is 5.92 Å². The number of imidazole rings is 1. The zero-order valence-corrected chi connectivity index (χ0v) is 16.3. The molecule has 3 aromatic rings. The van der Waals surface area contributed by atoms with Gasteiger partial charge in [0.1, 0.15) is 5.82 Å². The first-order chi connectivity index (χ1) is 12.8. The molecule has 0 radical (unpaired) electrons. The van der Waals surface area contributed by atoms with Crippen LogP contribution in [0.4, 0.5) is 4.39 Å². The quantitative estimate of drug-likeness (QED) is 0.636. The number of nitrogens with zero attached hydrogens (tertiary/aromatic N) is 2. The molecule has 3 rings (SSSR count). The van der Waals surface area contributed by atoms with E-state index in [1.54, 1.807) is 18.5 Å². The van der Waals surface area contributed by atoms with Crippen molar-refractivity contribution in [3.63, 3.8) is 0 Å². The van der Waals surface area contributed by atoms with Crippen LogP contribution in [0.15, 0.2) is 54.9 Å². The van der Waals surface area contributed by atoms with E-state index in [1.165, 1.54) is 12.1 Å². The Morgan fingerprint density at radius 2 is 1.81 bits per heavy atom. The van der Waals surface area contributed by atoms with Gasteiger partial charge in [0, 0.05) is 6.54 Å². The standard InChI is InChI=1S/C20H24FN3O2S/c1-15(2)11-12-27(25,26)23-19(16-7-9-17(21)10-8-16)13-24-14-22-18-5-3-4-6-20(18)24/h3-10,14-15,19,23H,11-13H2,1-2H3. The first-order valence-electron chi connectivity index (χ1n) is 8.99. The molecule has 1 heterocycles. The number of sulfonamides is 1. The van der Waals surface area contributed by atoms with Crippen LogP contribution >= 0.6 is 0 Å². The highest BCUT2D eigenvalue weighted by Gasteiger charge is 2.21. The number of fused-ring (bicyclic) bond motifs is 1. The van der Waals surface area contributed by atoms with E-state index in [9.17, 15) is 12.8 Å². The molecular weight excluding hydrogens is 365 g/mol. The molecule has 1 N–H and O–H groups in total. The normalized spacial score (nSPS) is 13.3. The van der Waals surface area contributed by atoms with E-state index < -0.39 is 16.1 Å². The third kappa shape index (κ3) is 5.14. The third-order valence-corrected chi connectivity index (χ3v) is 5.88. The van der Waals surface area contributed by atoms with E-state index in [0.29, 0.717) is 24.4 Å². The molecule has 0 bridgehead atoms. The van der Waals surface area contributed by atoms with Crippen molar-refractivity contribution in [2.75, 3.05) is 5.75 Å². The minimum absolute atomic E-state index is 0.0625. The second-order valence-electron chi connectivity index (χ2n) is 7.11. The Kier molecular flexibility index (Phi) is 5.92. The maximum absolute atomic E-state index is 13.3. The number of nitrogens with one attached hydrogen (secondary N) is 1. The van der Waals surface area contributed by atoms with Gasteiger partial charge in [0.05, 0.1) is 29.2 Å². The Morgan fingerprint density at radius 3 is 2.52 bits per heavy atom. The second-order valence-corrected chi connectivity index (χ2v) is 8.98. The first kappa shape index (κ1) is 19.5. The number of para-hydroxylation sites is 2. The van der Waals surface area contributed by atoms with Crippen molar-refractivity contribution in [3.8, 4) is 0 Å². The molecule has 0 spiro atoms. The fourth-order valence-corrected chi connectivity index (χ4v) is 4.47. The number of hydrogen-bond acceptors (Lipinski definition) is 3. The Morgan fingerprint density at radius 1 is 1.11 bits per heavy atom. The monoisotopic (exact) mass is 389 g/mol. The lowest BCUT2D eigenvalue weighted by molar-refractivity contribution is 0.509. The van der Waals surface area contributed by atoms with Crippen LogP contribution < -0.4 is 4.72 Å². The van der Waals surface area contributed by atoms with E-state index in [0.717, 1.165) is 11.0 Å². The van der Waals surface area contributed by atoms with Crippen molar-refractivity contribution in [2.45, 2.75) is 32.9 Å². The summed E-state index contributed by atoms with van der Waals surface area (Å²) in [6.45, 7) is 4.35. The predicted octanol–water partition coefficient (Wildman–Crippen LogP) is 3.88. The maximum atomic E-state index is 13.3. The summed E-state index contributed by atoms with van der Waals surface area (Å²) in [5, 5.41) is 0. The average Bonchev–Trinajstić information content (AvgIpc) is 3.03. The van der Waals surface area contributed by atoms with Gasteiger partial charge in [0.25, 0.3) is 0 Å². The summed E-state index contributed by atoms with van der Waals surface area (Å²) in [5.41, 5.74) is 2.48. The van der Waals surface area contributed by atoms with Gasteiger partial charge in [0.2, 0.25) is 10.0 Å². The molecule has 0 aliphatic rings. The highest BCUT2D eigenvalue weighted by Crippen LogP contribution is 2.21. The van der Waals surface area contributed by atoms with Gasteiger partial charge in [-0.05, 0) is 42.2 Å². The van der Waals surface area contributed by atoms with Gasteiger partial charge in [0.15, 0.2) is 0 Å². The summed E-state index contributed by atoms with van der Waals surface area (Å²) >= 11 is 0. The second kappa shape index (κ2) is 8.19. The molecule has 0 fully saturated rings. The molecule has 144 valence electrons. The minimum Gasteiger partial charge on any atom is -0.329 e. The number of aromatic nitrogens is 2. The summed E-state index contributed by atoms with van der Waals surface area (Å²) in [6.07, 6.45) is 2.28. The molecule has 1 aromatic heterocycles. The van der Waals surface area contributed by atoms with Gasteiger partial charge in [-0.15, -0.1) is 0 Å². The fourth-order valence-electron chi connectivity index (χ4n) is 2.92. The predicted molar refractivity (Wildman–Crippen MR) is 105 cm³/mol. The van der Waals surface area contributed by atoms with E-state index >= 15 is 0 Å². The van der Waals surface area contributed by atoms with Crippen LogP contribution in [0.2, 0.25) is 0 Å². The largest absolute Gasteiger partial charge is 0.329 e. The molecular formula is C20H24FN3O2S. The van der Waals surface area contributed by atoms with E-state index in [2.05, 4.69) is 9.71 Å². The first-order valence-corrected chi connectivity index (χ1v) is 10.6. The van der Waals surface area contributed by atoms with Gasteiger partial charge < -0.3 is 4.57 Å². The Bertz CT molecular complexity index is 997. The van der Waals surface area contributed by atoms with Crippen LogP contribution in [0, 0.1) is 11.7 Å². The van der Waals surface area contributed by atoms with E-state index in [1.807, 2.05) is 42.7 Å². The summed E-state index contributed by atoms with van der Waals surface area (Å²) in [5.74, 6) is 0.00391. The van der Waals surface area contributed by atoms with Crippen LogP contribution in [0.3, 0.4) is 0 Å². The Hall–Kier alpha value is -2.25. The van der Waals surface area contributed by atoms with Crippen LogP contribution in [0.1, 0.15) is 31.9 Å². The van der Waals surface area contributed by atoms with Crippen molar-refractivity contribution in [3.05, 3.63) is 66.2 Å². The third-order valence-electron chi connectivity index (χ3n) is 4.46. The molecule has 27 heavy (non-hydrogen) atoms. The summed E-state index contributed by atoms with van der Waals surface area (Å²) < 4.78 is 43.2. The SMILES string of the molecule is CC(C)CCS(=O)(=O)NC(Cn1cnc2ccccc21)c1ccc(F)cc1. The van der Waals surface area contributed by atoms with Gasteiger partial charge in [-0.1, -0.05) is 38.1 Å².